The van der Waals surface area contributed by atoms with Gasteiger partial charge in [0, 0.05) is 12.1 Å². The van der Waals surface area contributed by atoms with Gasteiger partial charge in [-0.15, -0.1) is 0 Å². The van der Waals surface area contributed by atoms with Gasteiger partial charge in [0.05, 0.1) is 13.7 Å². The molecule has 0 fully saturated rings. The summed E-state index contributed by atoms with van der Waals surface area (Å²) < 4.78 is 5.29. The van der Waals surface area contributed by atoms with Crippen molar-refractivity contribution < 1.29 is 4.74 Å². The van der Waals surface area contributed by atoms with Crippen LogP contribution < -0.4 is 10.5 Å². The first-order valence-corrected chi connectivity index (χ1v) is 6.75. The van der Waals surface area contributed by atoms with E-state index in [0.717, 1.165) is 24.4 Å². The van der Waals surface area contributed by atoms with Crippen LogP contribution in [-0.2, 0) is 6.54 Å². The molecule has 3 nitrogen and oxygen atoms in total. The molecule has 19 heavy (non-hydrogen) atoms. The topological polar surface area (TPSA) is 38.5 Å². The fourth-order valence-electron chi connectivity index (χ4n) is 1.89. The second-order valence-electron chi connectivity index (χ2n) is 4.62. The molecule has 0 bridgehead atoms. The van der Waals surface area contributed by atoms with Crippen LogP contribution in [-0.4, -0.2) is 32.1 Å². The van der Waals surface area contributed by atoms with Gasteiger partial charge in [-0.3, -0.25) is 0 Å². The maximum absolute atomic E-state index is 5.44. The average Bonchev–Trinajstić information content (AvgIpc) is 2.43. The van der Waals surface area contributed by atoms with E-state index in [9.17, 15) is 0 Å². The molecule has 0 radical (unpaired) electrons. The van der Waals surface area contributed by atoms with Crippen LogP contribution >= 0.6 is 0 Å². The van der Waals surface area contributed by atoms with Crippen molar-refractivity contribution in [2.45, 2.75) is 26.3 Å². The lowest BCUT2D eigenvalue weighted by Gasteiger charge is -2.17. The standard InChI is InChI=1S/C16H24N2O/c1-4-5-11-18(2)13-15-12-16(19-3)9-8-14(15)7-6-10-17/h8-9,12H,4-5,10-11,13,17H2,1-3H3. The first-order valence-electron chi connectivity index (χ1n) is 6.75. The summed E-state index contributed by atoms with van der Waals surface area (Å²) in [4.78, 5) is 2.31. The maximum Gasteiger partial charge on any atom is 0.119 e. The molecule has 1 aromatic rings. The normalized spacial score (nSPS) is 10.2. The van der Waals surface area contributed by atoms with Gasteiger partial charge in [-0.1, -0.05) is 25.2 Å². The van der Waals surface area contributed by atoms with Crippen LogP contribution in [0.25, 0.3) is 0 Å². The molecule has 0 aliphatic heterocycles. The highest BCUT2D eigenvalue weighted by Gasteiger charge is 2.06. The molecule has 0 amide bonds. The van der Waals surface area contributed by atoms with Crippen molar-refractivity contribution >= 4 is 0 Å². The Balaban J connectivity index is 2.87. The van der Waals surface area contributed by atoms with Crippen molar-refractivity contribution in [1.82, 2.24) is 4.90 Å². The van der Waals surface area contributed by atoms with Crippen LogP contribution in [0.3, 0.4) is 0 Å². The smallest absolute Gasteiger partial charge is 0.119 e. The average molecular weight is 260 g/mol. The van der Waals surface area contributed by atoms with E-state index in [1.807, 2.05) is 12.1 Å². The van der Waals surface area contributed by atoms with E-state index in [4.69, 9.17) is 10.5 Å². The first-order chi connectivity index (χ1) is 9.21. The van der Waals surface area contributed by atoms with Crippen molar-refractivity contribution in [3.8, 4) is 17.6 Å². The number of ether oxygens (including phenoxy) is 1. The Hall–Kier alpha value is -1.50. The molecule has 0 unspecified atom stereocenters. The number of nitrogens with two attached hydrogens (primary N) is 1. The number of rotatable bonds is 6. The van der Waals surface area contributed by atoms with E-state index in [2.05, 4.69) is 36.8 Å². The summed E-state index contributed by atoms with van der Waals surface area (Å²) in [6, 6.07) is 6.00. The Bertz CT molecular complexity index is 446. The van der Waals surface area contributed by atoms with Gasteiger partial charge < -0.3 is 15.4 Å². The molecule has 1 aromatic carbocycles. The fraction of sp³-hybridized carbons (Fsp3) is 0.500. The zero-order chi connectivity index (χ0) is 14.1. The van der Waals surface area contributed by atoms with Crippen LogP contribution in [0.2, 0.25) is 0 Å². The second-order valence-corrected chi connectivity index (χ2v) is 4.62. The molecule has 0 aromatic heterocycles. The molecule has 0 saturated carbocycles. The van der Waals surface area contributed by atoms with Gasteiger partial charge in [-0.05, 0) is 43.8 Å². The number of hydrogen-bond donors (Lipinski definition) is 1. The highest BCUT2D eigenvalue weighted by Crippen LogP contribution is 2.18. The van der Waals surface area contributed by atoms with Gasteiger partial charge in [0.15, 0.2) is 0 Å². The molecule has 3 heteroatoms. The lowest BCUT2D eigenvalue weighted by Crippen LogP contribution is -2.19. The molecule has 0 aliphatic rings. The number of hydrogen-bond acceptors (Lipinski definition) is 3. The van der Waals surface area contributed by atoms with E-state index in [1.54, 1.807) is 7.11 Å². The van der Waals surface area contributed by atoms with Gasteiger partial charge in [0.2, 0.25) is 0 Å². The zero-order valence-corrected chi connectivity index (χ0v) is 12.2. The monoisotopic (exact) mass is 260 g/mol. The Labute approximate surface area is 116 Å². The third-order valence-corrected chi connectivity index (χ3v) is 2.97. The van der Waals surface area contributed by atoms with Crippen molar-refractivity contribution in [3.63, 3.8) is 0 Å². The summed E-state index contributed by atoms with van der Waals surface area (Å²) in [5, 5.41) is 0. The molecule has 1 rings (SSSR count). The number of methoxy groups -OCH3 is 1. The predicted molar refractivity (Wildman–Crippen MR) is 80.2 cm³/mol. The quantitative estimate of drug-likeness (QED) is 0.797. The fourth-order valence-corrected chi connectivity index (χ4v) is 1.89. The van der Waals surface area contributed by atoms with Crippen molar-refractivity contribution in [1.29, 1.82) is 0 Å². The third-order valence-electron chi connectivity index (χ3n) is 2.97. The van der Waals surface area contributed by atoms with Gasteiger partial charge in [-0.2, -0.15) is 0 Å². The highest BCUT2D eigenvalue weighted by molar-refractivity contribution is 5.45. The number of benzene rings is 1. The lowest BCUT2D eigenvalue weighted by atomic mass is 10.1. The van der Waals surface area contributed by atoms with Gasteiger partial charge in [0.25, 0.3) is 0 Å². The Morgan fingerprint density at radius 2 is 2.16 bits per heavy atom. The van der Waals surface area contributed by atoms with E-state index in [1.165, 1.54) is 18.4 Å². The summed E-state index contributed by atoms with van der Waals surface area (Å²) in [6.07, 6.45) is 2.42. The largest absolute Gasteiger partial charge is 0.497 e. The molecule has 0 heterocycles. The molecule has 0 atom stereocenters. The molecule has 0 spiro atoms. The maximum atomic E-state index is 5.44. The van der Waals surface area contributed by atoms with Crippen LogP contribution in [0.15, 0.2) is 18.2 Å². The molecule has 2 N–H and O–H groups in total. The summed E-state index contributed by atoms with van der Waals surface area (Å²) in [6.45, 7) is 4.57. The Morgan fingerprint density at radius 3 is 2.79 bits per heavy atom. The third kappa shape index (κ3) is 5.34. The summed E-state index contributed by atoms with van der Waals surface area (Å²) >= 11 is 0. The molecular formula is C16H24N2O. The minimum absolute atomic E-state index is 0.386. The van der Waals surface area contributed by atoms with E-state index >= 15 is 0 Å². The van der Waals surface area contributed by atoms with Gasteiger partial charge in [0.1, 0.15) is 5.75 Å². The minimum atomic E-state index is 0.386. The number of unbranched alkanes of at least 4 members (excludes halogenated alkanes) is 1. The molecule has 0 aliphatic carbocycles. The Kier molecular flexibility index (Phi) is 7.02. The number of nitrogens with zero attached hydrogens (tertiary/aromatic N) is 1. The van der Waals surface area contributed by atoms with Crippen molar-refractivity contribution in [2.75, 3.05) is 27.2 Å². The van der Waals surface area contributed by atoms with Crippen molar-refractivity contribution in [3.05, 3.63) is 29.3 Å². The summed E-state index contributed by atoms with van der Waals surface area (Å²) in [5.41, 5.74) is 7.67. The van der Waals surface area contributed by atoms with Crippen LogP contribution in [0.5, 0.6) is 5.75 Å². The SMILES string of the molecule is CCCCN(C)Cc1cc(OC)ccc1C#CCN. The first kappa shape index (κ1) is 15.6. The van der Waals surface area contributed by atoms with Crippen LogP contribution in [0.4, 0.5) is 0 Å². The van der Waals surface area contributed by atoms with Gasteiger partial charge in [-0.25, -0.2) is 0 Å². The summed E-state index contributed by atoms with van der Waals surface area (Å²) in [7, 11) is 3.82. The molecular weight excluding hydrogens is 236 g/mol. The van der Waals surface area contributed by atoms with E-state index < -0.39 is 0 Å². The Morgan fingerprint density at radius 1 is 1.37 bits per heavy atom. The lowest BCUT2D eigenvalue weighted by molar-refractivity contribution is 0.319. The highest BCUT2D eigenvalue weighted by atomic mass is 16.5. The van der Waals surface area contributed by atoms with Gasteiger partial charge >= 0.3 is 0 Å². The minimum Gasteiger partial charge on any atom is -0.497 e. The molecule has 104 valence electrons. The van der Waals surface area contributed by atoms with E-state index in [-0.39, 0.29) is 0 Å². The summed E-state index contributed by atoms with van der Waals surface area (Å²) in [5.74, 6) is 6.92. The predicted octanol–water partition coefficient (Wildman–Crippen LogP) is 2.24. The van der Waals surface area contributed by atoms with Crippen LogP contribution in [0, 0.1) is 11.8 Å². The van der Waals surface area contributed by atoms with Crippen molar-refractivity contribution in [2.24, 2.45) is 5.73 Å². The molecule has 0 saturated heterocycles. The second kappa shape index (κ2) is 8.58. The zero-order valence-electron chi connectivity index (χ0n) is 12.2. The van der Waals surface area contributed by atoms with Crippen LogP contribution in [0.1, 0.15) is 30.9 Å². The van der Waals surface area contributed by atoms with E-state index in [0.29, 0.717) is 6.54 Å².